The minimum atomic E-state index is -4.24. The van der Waals surface area contributed by atoms with Gasteiger partial charge in [0.25, 0.3) is 0 Å². The van der Waals surface area contributed by atoms with Crippen LogP contribution in [0.5, 0.6) is 0 Å². The number of fused-ring (bicyclic) bond motifs is 3. The zero-order valence-corrected chi connectivity index (χ0v) is 26.2. The first-order valence-electron chi connectivity index (χ1n) is 14.1. The van der Waals surface area contributed by atoms with Crippen LogP contribution in [0.1, 0.15) is 75.6 Å². The number of carboxylic acid groups (broad SMARTS) is 1. The molecule has 0 aromatic heterocycles. The van der Waals surface area contributed by atoms with Crippen LogP contribution in [0.4, 0.5) is 9.18 Å². The summed E-state index contributed by atoms with van der Waals surface area (Å²) in [5.41, 5.74) is 2.99. The highest BCUT2D eigenvalue weighted by Crippen LogP contribution is 2.65. The highest BCUT2D eigenvalue weighted by molar-refractivity contribution is 7.54. The number of hydrogen-bond donors (Lipinski definition) is 2. The molecule has 1 aliphatic rings. The largest absolute Gasteiger partial charge is 0.480 e. The Kier molecular flexibility index (Phi) is 9.50. The van der Waals surface area contributed by atoms with Crippen LogP contribution < -0.4 is 5.32 Å². The molecule has 0 aliphatic heterocycles. The summed E-state index contributed by atoms with van der Waals surface area (Å²) in [6.07, 6.45) is -0.930. The molecule has 0 radical (unpaired) electrons. The number of carbonyl (C=O) groups excluding carboxylic acids is 1. The molecule has 3 aromatic carbocycles. The molecule has 1 amide bonds. The summed E-state index contributed by atoms with van der Waals surface area (Å²) < 4.78 is 45.9. The first-order chi connectivity index (χ1) is 20.1. The highest BCUT2D eigenvalue weighted by atomic mass is 31.2. The van der Waals surface area contributed by atoms with Gasteiger partial charge in [-0.2, -0.15) is 0 Å². The fourth-order valence-electron chi connectivity index (χ4n) is 5.09. The molecule has 3 aromatic rings. The van der Waals surface area contributed by atoms with Gasteiger partial charge in [0.2, 0.25) is 5.91 Å². The van der Waals surface area contributed by atoms with Gasteiger partial charge in [-0.05, 0) is 74.9 Å². The molecule has 0 heterocycles. The molecule has 43 heavy (non-hydrogen) atoms. The zero-order valence-electron chi connectivity index (χ0n) is 25.3. The van der Waals surface area contributed by atoms with Crippen molar-refractivity contribution in [3.63, 3.8) is 0 Å². The second-order valence-corrected chi connectivity index (χ2v) is 14.5. The normalized spacial score (nSPS) is 14.9. The Hall–Kier alpha value is -3.52. The van der Waals surface area contributed by atoms with Crippen LogP contribution >= 0.6 is 7.60 Å². The molecule has 1 unspecified atom stereocenters. The summed E-state index contributed by atoms with van der Waals surface area (Å²) >= 11 is 0. The second kappa shape index (κ2) is 12.6. The lowest BCUT2D eigenvalue weighted by Crippen LogP contribution is -2.42. The maximum absolute atomic E-state index is 15.7. The molecule has 4 rings (SSSR count). The van der Waals surface area contributed by atoms with Crippen LogP contribution in [0.2, 0.25) is 0 Å². The predicted octanol–water partition coefficient (Wildman–Crippen LogP) is 8.01. The van der Waals surface area contributed by atoms with E-state index < -0.39 is 42.8 Å². The van der Waals surface area contributed by atoms with Crippen LogP contribution in [0, 0.1) is 0 Å². The number of ether oxygens (including phenoxy) is 1. The monoisotopic (exact) mass is 611 g/mol. The lowest BCUT2D eigenvalue weighted by molar-refractivity contribution is -0.139. The van der Waals surface area contributed by atoms with Crippen molar-refractivity contribution >= 4 is 19.7 Å². The molecule has 0 bridgehead atoms. The number of alkyl halides is 1. The summed E-state index contributed by atoms with van der Waals surface area (Å²) in [5, 5.41) is 12.2. The number of carbonyl (C=O) groups is 2. The number of carboxylic acids is 1. The lowest BCUT2D eigenvalue weighted by Gasteiger charge is -2.33. The Morgan fingerprint density at radius 3 is 1.81 bits per heavy atom. The van der Waals surface area contributed by atoms with E-state index in [2.05, 4.69) is 5.32 Å². The molecule has 0 spiro atoms. The third-order valence-corrected chi connectivity index (χ3v) is 9.17. The zero-order chi connectivity index (χ0) is 31.6. The third-order valence-electron chi connectivity index (χ3n) is 6.71. The molecule has 10 heteroatoms. The Balaban J connectivity index is 1.41. The van der Waals surface area contributed by atoms with Gasteiger partial charge in [-0.25, -0.2) is 14.0 Å². The van der Waals surface area contributed by atoms with Crippen molar-refractivity contribution in [2.75, 3.05) is 6.61 Å². The number of nitrogens with one attached hydrogen (secondary N) is 1. The summed E-state index contributed by atoms with van der Waals surface area (Å²) in [5.74, 6) is -3.47. The Bertz CT molecular complexity index is 1450. The Morgan fingerprint density at radius 1 is 0.860 bits per heavy atom. The minimum Gasteiger partial charge on any atom is -0.480 e. The molecular formula is C33H39FNO7P. The van der Waals surface area contributed by atoms with Crippen molar-refractivity contribution in [2.45, 2.75) is 77.0 Å². The molecule has 1 aliphatic carbocycles. The highest BCUT2D eigenvalue weighted by Gasteiger charge is 2.44. The smallest absolute Gasteiger partial charge is 0.407 e. The van der Waals surface area contributed by atoms with E-state index in [0.29, 0.717) is 5.56 Å². The van der Waals surface area contributed by atoms with Crippen molar-refractivity contribution in [3.05, 3.63) is 95.1 Å². The Morgan fingerprint density at radius 2 is 1.35 bits per heavy atom. The number of alkyl carbamates (subject to hydrolysis) is 1. The number of hydrogen-bond acceptors (Lipinski definition) is 6. The number of halogens is 1. The van der Waals surface area contributed by atoms with Crippen LogP contribution in [0.25, 0.3) is 11.1 Å². The topological polar surface area (TPSA) is 111 Å². The fourth-order valence-corrected chi connectivity index (χ4v) is 7.37. The van der Waals surface area contributed by atoms with Gasteiger partial charge in [-0.1, -0.05) is 72.8 Å². The average molecular weight is 612 g/mol. The third kappa shape index (κ3) is 8.11. The van der Waals surface area contributed by atoms with Crippen molar-refractivity contribution in [1.29, 1.82) is 0 Å². The van der Waals surface area contributed by atoms with Gasteiger partial charge < -0.3 is 24.2 Å². The van der Waals surface area contributed by atoms with Gasteiger partial charge in [0.05, 0.1) is 11.2 Å². The second-order valence-electron chi connectivity index (χ2n) is 12.6. The van der Waals surface area contributed by atoms with E-state index in [0.717, 1.165) is 22.3 Å². The van der Waals surface area contributed by atoms with Gasteiger partial charge in [0, 0.05) is 12.3 Å². The van der Waals surface area contributed by atoms with Gasteiger partial charge in [-0.15, -0.1) is 0 Å². The molecule has 8 nitrogen and oxygen atoms in total. The van der Waals surface area contributed by atoms with Crippen molar-refractivity contribution < 1.29 is 37.4 Å². The van der Waals surface area contributed by atoms with E-state index in [1.807, 2.05) is 48.5 Å². The maximum Gasteiger partial charge on any atom is 0.407 e. The van der Waals surface area contributed by atoms with E-state index in [1.165, 1.54) is 24.3 Å². The first-order valence-corrected chi connectivity index (χ1v) is 15.8. The van der Waals surface area contributed by atoms with E-state index in [1.54, 1.807) is 41.5 Å². The molecule has 0 saturated carbocycles. The van der Waals surface area contributed by atoms with Gasteiger partial charge in [0.1, 0.15) is 12.6 Å². The van der Waals surface area contributed by atoms with E-state index >= 15 is 4.39 Å². The van der Waals surface area contributed by atoms with Crippen LogP contribution in [0.15, 0.2) is 72.8 Å². The quantitative estimate of drug-likeness (QED) is 0.223. The van der Waals surface area contributed by atoms with Crippen LogP contribution in [-0.2, 0) is 29.6 Å². The van der Waals surface area contributed by atoms with Crippen LogP contribution in [0.3, 0.4) is 0 Å². The van der Waals surface area contributed by atoms with E-state index in [9.17, 15) is 19.3 Å². The van der Waals surface area contributed by atoms with Gasteiger partial charge >= 0.3 is 19.7 Å². The van der Waals surface area contributed by atoms with Gasteiger partial charge in [-0.3, -0.25) is 4.57 Å². The SMILES string of the molecule is CC(C)(C)OP(=O)(OC(C)(C)C)C(F)c1ccc(C[C@@H](NC(=O)OCC2c3ccccc3-c3ccccc32)C(=O)O)cc1. The molecule has 230 valence electrons. The molecule has 0 fully saturated rings. The first kappa shape index (κ1) is 32.4. The van der Waals surface area contributed by atoms with Gasteiger partial charge in [0.15, 0.2) is 0 Å². The maximum atomic E-state index is 15.7. The van der Waals surface area contributed by atoms with Crippen molar-refractivity contribution in [1.82, 2.24) is 5.32 Å². The minimum absolute atomic E-state index is 0.0477. The Labute approximate surface area is 252 Å². The summed E-state index contributed by atoms with van der Waals surface area (Å²) in [6, 6.07) is 20.4. The standard InChI is InChI=1S/C33H39FNO7P/c1-32(2,3)41-43(39,42-33(4,5)6)29(34)22-17-15-21(16-18-22)19-28(30(36)37)35-31(38)40-20-27-25-13-9-7-11-23(25)24-12-8-10-14-26(24)27/h7-18,27-29H,19-20H2,1-6H3,(H,35,38)(H,36,37)/t28-,29?/m1/s1. The molecule has 2 N–H and O–H groups in total. The lowest BCUT2D eigenvalue weighted by atomic mass is 9.98. The number of benzene rings is 3. The number of aliphatic carboxylic acids is 1. The van der Waals surface area contributed by atoms with E-state index in [-0.39, 0.29) is 24.5 Å². The van der Waals surface area contributed by atoms with E-state index in [4.69, 9.17) is 13.8 Å². The summed E-state index contributed by atoms with van der Waals surface area (Å²) in [7, 11) is -4.24. The number of rotatable bonds is 10. The average Bonchev–Trinajstić information content (AvgIpc) is 3.23. The predicted molar refractivity (Wildman–Crippen MR) is 163 cm³/mol. The number of amides is 1. The summed E-state index contributed by atoms with van der Waals surface area (Å²) in [6.45, 7) is 10.0. The summed E-state index contributed by atoms with van der Waals surface area (Å²) in [4.78, 5) is 24.7. The molecule has 0 saturated heterocycles. The van der Waals surface area contributed by atoms with Crippen molar-refractivity contribution in [3.8, 4) is 11.1 Å². The van der Waals surface area contributed by atoms with Crippen molar-refractivity contribution in [2.24, 2.45) is 0 Å². The van der Waals surface area contributed by atoms with Crippen LogP contribution in [-0.4, -0.2) is 41.0 Å². The molecular weight excluding hydrogens is 572 g/mol. The fraction of sp³-hybridized carbons (Fsp3) is 0.394. The molecule has 2 atom stereocenters.